The molecule has 109 heavy (non-hydrogen) atoms. The Kier molecular flexibility index (Phi) is 24.5. The molecule has 0 radical (unpaired) electrons. The molecule has 14 rings (SSSR count). The highest BCUT2D eigenvalue weighted by Crippen LogP contribution is 2.76. The summed E-state index contributed by atoms with van der Waals surface area (Å²) in [7, 11) is -2.02. The molecule has 0 bridgehead atoms. The molecular weight excluding hydrogens is 1390 g/mol. The second-order valence-electron chi connectivity index (χ2n) is 35.6. The summed E-state index contributed by atoms with van der Waals surface area (Å²) in [6.45, 7) is 28.7. The number of carbonyl (C=O) groups is 2. The molecule has 8 fully saturated rings. The fourth-order valence-corrected chi connectivity index (χ4v) is 24.5. The Labute approximate surface area is 649 Å². The molecule has 23 atom stereocenters. The summed E-state index contributed by atoms with van der Waals surface area (Å²) >= 11 is 0. The molecule has 4 saturated carbocycles. The monoisotopic (exact) mass is 1510 g/mol. The van der Waals surface area contributed by atoms with Crippen molar-refractivity contribution in [1.29, 1.82) is 0 Å². The van der Waals surface area contributed by atoms with E-state index >= 15 is 4.79 Å². The molecule has 5 aromatic carbocycles. The minimum absolute atomic E-state index is 0.0644. The van der Waals surface area contributed by atoms with Crippen LogP contribution in [0.2, 0.25) is 18.1 Å². The lowest BCUT2D eigenvalue weighted by Crippen LogP contribution is -2.68. The number of carbonyl (C=O) groups excluding carboxylic acids is 2. The van der Waals surface area contributed by atoms with Crippen LogP contribution in [0.15, 0.2) is 163 Å². The minimum Gasteiger partial charge on any atom is -0.432 e. The van der Waals surface area contributed by atoms with Gasteiger partial charge in [-0.05, 0) is 170 Å². The van der Waals surface area contributed by atoms with Gasteiger partial charge in [0, 0.05) is 0 Å². The molecule has 4 aliphatic heterocycles. The number of hydrogen-bond donors (Lipinski definition) is 1. The van der Waals surface area contributed by atoms with Crippen molar-refractivity contribution in [3.8, 4) is 0 Å². The number of nitrogens with two attached hydrogens (primary N) is 1. The molecule has 15 unspecified atom stereocenters. The van der Waals surface area contributed by atoms with Crippen molar-refractivity contribution in [3.63, 3.8) is 0 Å². The first-order valence-corrected chi connectivity index (χ1v) is 43.6. The van der Waals surface area contributed by atoms with Crippen molar-refractivity contribution >= 4 is 20.6 Å². The summed E-state index contributed by atoms with van der Waals surface area (Å²) in [5.41, 5.74) is 11.8. The molecule has 592 valence electrons. The first-order valence-electron chi connectivity index (χ1n) is 41.0. The predicted octanol–water partition coefficient (Wildman–Crippen LogP) is 16.9. The maximum atomic E-state index is 16.7. The maximum Gasteiger partial charge on any atom is 0.315 e. The van der Waals surface area contributed by atoms with Crippen LogP contribution >= 0.6 is 0 Å². The van der Waals surface area contributed by atoms with Gasteiger partial charge in [0.2, 0.25) is 6.29 Å². The molecule has 9 aliphatic rings. The Hall–Kier alpha value is -5.36. The fourth-order valence-electron chi connectivity index (χ4n) is 21.6. The fraction of sp³-hybridized carbons (Fsp3) is 0.626. The normalized spacial score (nSPS) is 38.1. The van der Waals surface area contributed by atoms with Crippen molar-refractivity contribution in [1.82, 2.24) is 0 Å². The SMILES string of the molecule is CC[Si](CC)(CC)O[C@H]1CCC2(C)C(CCC3(C)C2CC=C2C4CC(C)(C)CC[C@]4(C(=O)O[C@@H]4OC(COCc5ccccc5)[C@H](N)C(OCc5ccccc5)C4O[C@@H]4OC(C)[C@H](O[C@@H]5OC[C@@H](OCc6ccccc6)C(OCc6ccccc6)C5OCc5ccccc5)C5OC(C)(C)OC54)CCC23C)C1(C)C=O. The summed E-state index contributed by atoms with van der Waals surface area (Å²) in [5.74, 6) is -1.07. The molecule has 5 aromatic rings. The van der Waals surface area contributed by atoms with Gasteiger partial charge in [0.15, 0.2) is 32.8 Å². The van der Waals surface area contributed by atoms with Crippen LogP contribution in [0.25, 0.3) is 0 Å². The molecule has 18 heteroatoms. The number of aldehydes is 1. The first kappa shape index (κ1) is 80.3. The zero-order valence-corrected chi connectivity index (χ0v) is 67.7. The number of benzene rings is 5. The lowest BCUT2D eigenvalue weighted by molar-refractivity contribution is -0.365. The Morgan fingerprint density at radius 1 is 0.560 bits per heavy atom. The van der Waals surface area contributed by atoms with Crippen LogP contribution in [-0.2, 0) is 109 Å². The van der Waals surface area contributed by atoms with Crippen LogP contribution in [0, 0.1) is 50.2 Å². The number of rotatable bonds is 28. The maximum absolute atomic E-state index is 16.7. The topological polar surface area (TPSA) is 189 Å². The summed E-state index contributed by atoms with van der Waals surface area (Å²) in [5, 5.41) is 0. The molecule has 2 N–H and O–H groups in total. The molecule has 0 amide bonds. The predicted molar refractivity (Wildman–Crippen MR) is 418 cm³/mol. The number of ether oxygens (including phenoxy) is 13. The van der Waals surface area contributed by atoms with Crippen LogP contribution < -0.4 is 5.73 Å². The highest BCUT2D eigenvalue weighted by Gasteiger charge is 2.71. The van der Waals surface area contributed by atoms with E-state index in [1.165, 1.54) is 11.9 Å². The largest absolute Gasteiger partial charge is 0.432 e. The third kappa shape index (κ3) is 16.2. The molecule has 5 aliphatic carbocycles. The number of fused-ring (bicyclic) bond motifs is 8. The summed E-state index contributed by atoms with van der Waals surface area (Å²) in [4.78, 5) is 30.6. The van der Waals surface area contributed by atoms with Crippen LogP contribution in [0.5, 0.6) is 0 Å². The van der Waals surface area contributed by atoms with Gasteiger partial charge in [-0.25, -0.2) is 0 Å². The quantitative estimate of drug-likeness (QED) is 0.0215. The van der Waals surface area contributed by atoms with Gasteiger partial charge in [-0.2, -0.15) is 0 Å². The van der Waals surface area contributed by atoms with Crippen LogP contribution in [-0.4, -0.2) is 132 Å². The van der Waals surface area contributed by atoms with E-state index in [0.717, 1.165) is 97.3 Å². The van der Waals surface area contributed by atoms with Gasteiger partial charge in [0.25, 0.3) is 0 Å². The summed E-state index contributed by atoms with van der Waals surface area (Å²) < 4.78 is 99.1. The van der Waals surface area contributed by atoms with Gasteiger partial charge in [0.05, 0.1) is 75.3 Å². The molecule has 17 nitrogen and oxygen atoms in total. The van der Waals surface area contributed by atoms with E-state index in [1.54, 1.807) is 0 Å². The van der Waals surface area contributed by atoms with Crippen LogP contribution in [0.1, 0.15) is 175 Å². The average molecular weight is 1520 g/mol. The van der Waals surface area contributed by atoms with Crippen molar-refractivity contribution < 1.29 is 75.6 Å². The zero-order chi connectivity index (χ0) is 76.6. The van der Waals surface area contributed by atoms with E-state index in [9.17, 15) is 4.79 Å². The Morgan fingerprint density at radius 2 is 1.09 bits per heavy atom. The number of esters is 1. The Balaban J connectivity index is 0.778. The van der Waals surface area contributed by atoms with Gasteiger partial charge in [-0.3, -0.25) is 4.79 Å². The Bertz CT molecular complexity index is 3830. The highest BCUT2D eigenvalue weighted by atomic mass is 28.4. The zero-order valence-electron chi connectivity index (χ0n) is 66.7. The van der Waals surface area contributed by atoms with Gasteiger partial charge in [-0.1, -0.05) is 226 Å². The molecular formula is C91H123NO16Si. The van der Waals surface area contributed by atoms with E-state index in [4.69, 9.17) is 71.7 Å². The van der Waals surface area contributed by atoms with Crippen LogP contribution in [0.3, 0.4) is 0 Å². The second-order valence-corrected chi connectivity index (χ2v) is 40.3. The smallest absolute Gasteiger partial charge is 0.315 e. The highest BCUT2D eigenvalue weighted by molar-refractivity contribution is 6.73. The Morgan fingerprint density at radius 3 is 1.67 bits per heavy atom. The van der Waals surface area contributed by atoms with Crippen LogP contribution in [0.4, 0.5) is 0 Å². The standard InChI is InChI=1S/C91H123NO16Si/c1-13-109(14-2,15-3)108-72-44-45-87(9)70(88(72,10)59-93)43-46-90(12)71(87)42-41-66-67-51-85(5,6)47-49-91(67,50-48-89(66,90)11)84(94)105-82-79(76(98-55-64-37-27-19-28-38-64)73(92)68(102-82)57-95-52-61-31-21-16-22-32-61)104-83-80-77(106-86(7,8)107-80)74(60(4)101-83)103-81-78(99-56-65-39-29-20-30-40-65)75(97-54-63-35-25-18-26-36-63)69(58-100-81)96-53-62-33-23-17-24-34-62/h16-41,59-60,67-83H,13-15,42-58,92H2,1-12H3/t60?,67?,68?,69-,70?,71?,72+,73+,74+,75?,76?,77?,78?,79?,80?,81+,82+,83+,87?,88?,89?,90?,91+/m1/s1. The van der Waals surface area contributed by atoms with E-state index in [2.05, 4.69) is 68.4 Å². The van der Waals surface area contributed by atoms with Crippen molar-refractivity contribution in [3.05, 3.63) is 191 Å². The van der Waals surface area contributed by atoms with Gasteiger partial charge in [-0.15, -0.1) is 0 Å². The van der Waals surface area contributed by atoms with Crippen molar-refractivity contribution in [2.45, 2.75) is 296 Å². The third-order valence-corrected chi connectivity index (χ3v) is 33.0. The van der Waals surface area contributed by atoms with Gasteiger partial charge < -0.3 is 76.5 Å². The molecule has 4 heterocycles. The average Bonchev–Trinajstić information content (AvgIpc) is 1.08. The van der Waals surface area contributed by atoms with Gasteiger partial charge in [0.1, 0.15) is 55.1 Å². The molecule has 4 saturated heterocycles. The van der Waals surface area contributed by atoms with Crippen molar-refractivity contribution in [2.75, 3.05) is 13.2 Å². The second kappa shape index (κ2) is 33.2. The van der Waals surface area contributed by atoms with Crippen molar-refractivity contribution in [2.24, 2.45) is 56.0 Å². The molecule has 0 aromatic heterocycles. The van der Waals surface area contributed by atoms with E-state index in [1.807, 2.05) is 172 Å². The summed E-state index contributed by atoms with van der Waals surface area (Å²) in [6.07, 6.45) is 0.499. The lowest BCUT2D eigenvalue weighted by Gasteiger charge is -2.71. The summed E-state index contributed by atoms with van der Waals surface area (Å²) in [6, 6.07) is 52.4. The molecule has 0 spiro atoms. The number of allylic oxidation sites excluding steroid dienone is 2. The van der Waals surface area contributed by atoms with Gasteiger partial charge >= 0.3 is 5.97 Å². The first-order chi connectivity index (χ1) is 52.4. The lowest BCUT2D eigenvalue weighted by atomic mass is 9.33. The van der Waals surface area contributed by atoms with E-state index in [0.29, 0.717) is 32.0 Å². The number of hydrogen-bond acceptors (Lipinski definition) is 17. The van der Waals surface area contributed by atoms with E-state index < -0.39 is 111 Å². The van der Waals surface area contributed by atoms with E-state index in [-0.39, 0.29) is 78.6 Å². The third-order valence-electron chi connectivity index (χ3n) is 28.3. The minimum atomic E-state index is -2.02.